The Morgan fingerprint density at radius 2 is 1.71 bits per heavy atom. The Hall–Kier alpha value is 0.270. The summed E-state index contributed by atoms with van der Waals surface area (Å²) in [5.74, 6) is 2.50. The SMILES string of the molecule is CCCCCCC(CSCCCC)OCN1CCCCC1. The van der Waals surface area contributed by atoms with Gasteiger partial charge in [-0.2, -0.15) is 11.8 Å². The number of nitrogens with zero attached hydrogens (tertiary/aromatic N) is 1. The van der Waals surface area contributed by atoms with Crippen molar-refractivity contribution in [3.05, 3.63) is 0 Å². The van der Waals surface area contributed by atoms with E-state index in [1.807, 2.05) is 0 Å². The smallest absolute Gasteiger partial charge is 0.0994 e. The molecule has 0 spiro atoms. The van der Waals surface area contributed by atoms with Crippen molar-refractivity contribution in [3.63, 3.8) is 0 Å². The first kappa shape index (κ1) is 19.3. The fourth-order valence-corrected chi connectivity index (χ4v) is 3.96. The summed E-state index contributed by atoms with van der Waals surface area (Å²) in [7, 11) is 0. The van der Waals surface area contributed by atoms with Crippen LogP contribution >= 0.6 is 11.8 Å². The van der Waals surface area contributed by atoms with Crippen LogP contribution in [0.5, 0.6) is 0 Å². The highest BCUT2D eigenvalue weighted by Gasteiger charge is 2.14. The number of piperidine rings is 1. The Kier molecular flexibility index (Phi) is 12.8. The third-order valence-corrected chi connectivity index (χ3v) is 5.45. The Balaban J connectivity index is 2.17. The highest BCUT2D eigenvalue weighted by Crippen LogP contribution is 2.16. The zero-order valence-corrected chi connectivity index (χ0v) is 15.3. The molecule has 1 heterocycles. The highest BCUT2D eigenvalue weighted by atomic mass is 32.2. The number of likely N-dealkylation sites (tertiary alicyclic amines) is 1. The van der Waals surface area contributed by atoms with Gasteiger partial charge in [-0.15, -0.1) is 0 Å². The van der Waals surface area contributed by atoms with Crippen LogP contribution in [0.25, 0.3) is 0 Å². The molecule has 0 aromatic rings. The van der Waals surface area contributed by atoms with Gasteiger partial charge in [0.05, 0.1) is 12.8 Å². The van der Waals surface area contributed by atoms with Gasteiger partial charge in [-0.3, -0.25) is 4.90 Å². The topological polar surface area (TPSA) is 12.5 Å². The van der Waals surface area contributed by atoms with Crippen molar-refractivity contribution in [1.29, 1.82) is 0 Å². The second kappa shape index (κ2) is 13.9. The predicted molar refractivity (Wildman–Crippen MR) is 96.2 cm³/mol. The zero-order valence-electron chi connectivity index (χ0n) is 14.4. The average Bonchev–Trinajstić information content (AvgIpc) is 2.53. The lowest BCUT2D eigenvalue weighted by Gasteiger charge is -2.28. The average molecular weight is 316 g/mol. The van der Waals surface area contributed by atoms with Crippen molar-refractivity contribution in [2.45, 2.75) is 84.2 Å². The van der Waals surface area contributed by atoms with Crippen LogP contribution in [0.2, 0.25) is 0 Å². The predicted octanol–water partition coefficient (Wildman–Crippen LogP) is 5.32. The number of ether oxygens (including phenoxy) is 1. The highest BCUT2D eigenvalue weighted by molar-refractivity contribution is 7.99. The Morgan fingerprint density at radius 3 is 2.43 bits per heavy atom. The van der Waals surface area contributed by atoms with Gasteiger partial charge in [-0.05, 0) is 31.4 Å². The number of rotatable bonds is 13. The van der Waals surface area contributed by atoms with Gasteiger partial charge in [0, 0.05) is 18.8 Å². The summed E-state index contributed by atoms with van der Waals surface area (Å²) < 4.78 is 6.25. The lowest BCUT2D eigenvalue weighted by Crippen LogP contribution is -2.34. The zero-order chi connectivity index (χ0) is 15.2. The minimum absolute atomic E-state index is 0.477. The number of unbranched alkanes of at least 4 members (excludes halogenated alkanes) is 4. The molecule has 1 aliphatic rings. The standard InChI is InChI=1S/C18H37NOS/c1-3-5-7-9-12-18(16-21-15-6-4-2)20-17-19-13-10-8-11-14-19/h18H,3-17H2,1-2H3. The molecule has 1 aliphatic heterocycles. The van der Waals surface area contributed by atoms with E-state index in [9.17, 15) is 0 Å². The van der Waals surface area contributed by atoms with Crippen LogP contribution in [-0.4, -0.2) is 42.3 Å². The molecule has 0 N–H and O–H groups in total. The largest absolute Gasteiger partial charge is 0.362 e. The quantitative estimate of drug-likeness (QED) is 0.427. The molecule has 0 bridgehead atoms. The van der Waals surface area contributed by atoms with Crippen molar-refractivity contribution >= 4 is 11.8 Å². The van der Waals surface area contributed by atoms with E-state index in [-0.39, 0.29) is 0 Å². The molecule has 0 amide bonds. The van der Waals surface area contributed by atoms with Gasteiger partial charge in [0.25, 0.3) is 0 Å². The third kappa shape index (κ3) is 10.6. The first-order valence-corrected chi connectivity index (χ1v) is 10.4. The molecular weight excluding hydrogens is 278 g/mol. The summed E-state index contributed by atoms with van der Waals surface area (Å²) in [4.78, 5) is 2.50. The van der Waals surface area contributed by atoms with E-state index in [2.05, 4.69) is 30.5 Å². The number of hydrogen-bond acceptors (Lipinski definition) is 3. The van der Waals surface area contributed by atoms with Crippen LogP contribution in [0.1, 0.15) is 78.1 Å². The molecule has 2 nitrogen and oxygen atoms in total. The molecule has 0 saturated carbocycles. The Bertz CT molecular complexity index is 207. The van der Waals surface area contributed by atoms with Gasteiger partial charge in [0.2, 0.25) is 0 Å². The minimum Gasteiger partial charge on any atom is -0.362 e. The summed E-state index contributed by atoms with van der Waals surface area (Å²) in [5, 5.41) is 0. The molecule has 21 heavy (non-hydrogen) atoms. The summed E-state index contributed by atoms with van der Waals surface area (Å²) in [6, 6.07) is 0. The Morgan fingerprint density at radius 1 is 0.952 bits per heavy atom. The maximum absolute atomic E-state index is 6.25. The van der Waals surface area contributed by atoms with Crippen LogP contribution in [-0.2, 0) is 4.74 Å². The van der Waals surface area contributed by atoms with E-state index in [1.54, 1.807) is 0 Å². The van der Waals surface area contributed by atoms with E-state index >= 15 is 0 Å². The molecule has 1 fully saturated rings. The van der Waals surface area contributed by atoms with Gasteiger partial charge in [-0.25, -0.2) is 0 Å². The van der Waals surface area contributed by atoms with Crippen molar-refractivity contribution in [2.24, 2.45) is 0 Å². The number of hydrogen-bond donors (Lipinski definition) is 0. The molecule has 1 atom stereocenters. The summed E-state index contributed by atoms with van der Waals surface area (Å²) in [6.45, 7) is 7.91. The fraction of sp³-hybridized carbons (Fsp3) is 1.00. The second-order valence-electron chi connectivity index (χ2n) is 6.37. The van der Waals surface area contributed by atoms with Crippen LogP contribution in [0, 0.1) is 0 Å². The molecule has 1 saturated heterocycles. The van der Waals surface area contributed by atoms with E-state index < -0.39 is 0 Å². The van der Waals surface area contributed by atoms with Crippen molar-refractivity contribution in [3.8, 4) is 0 Å². The number of thioether (sulfide) groups is 1. The van der Waals surface area contributed by atoms with E-state index in [1.165, 1.54) is 88.8 Å². The molecule has 0 radical (unpaired) electrons. The van der Waals surface area contributed by atoms with Crippen LogP contribution < -0.4 is 0 Å². The van der Waals surface area contributed by atoms with E-state index in [4.69, 9.17) is 4.74 Å². The van der Waals surface area contributed by atoms with Crippen LogP contribution in [0.3, 0.4) is 0 Å². The van der Waals surface area contributed by atoms with Crippen molar-refractivity contribution in [1.82, 2.24) is 4.90 Å². The lowest BCUT2D eigenvalue weighted by molar-refractivity contribution is -0.0230. The summed E-state index contributed by atoms with van der Waals surface area (Å²) in [6.07, 6.45) is 13.9. The van der Waals surface area contributed by atoms with Gasteiger partial charge >= 0.3 is 0 Å². The van der Waals surface area contributed by atoms with Crippen molar-refractivity contribution in [2.75, 3.05) is 31.3 Å². The van der Waals surface area contributed by atoms with Gasteiger partial charge in [-0.1, -0.05) is 52.4 Å². The molecule has 0 aromatic heterocycles. The molecule has 0 aliphatic carbocycles. The molecule has 1 rings (SSSR count). The third-order valence-electron chi connectivity index (χ3n) is 4.27. The first-order valence-electron chi connectivity index (χ1n) is 9.28. The molecular formula is C18H37NOS. The van der Waals surface area contributed by atoms with Crippen LogP contribution in [0.15, 0.2) is 0 Å². The van der Waals surface area contributed by atoms with Gasteiger partial charge in [0.1, 0.15) is 0 Å². The normalized spacial score (nSPS) is 18.0. The molecule has 126 valence electrons. The molecule has 0 aromatic carbocycles. The summed E-state index contributed by atoms with van der Waals surface area (Å²) >= 11 is 2.09. The Labute approximate surface area is 137 Å². The van der Waals surface area contributed by atoms with E-state index in [0.717, 1.165) is 6.73 Å². The molecule has 3 heteroatoms. The first-order chi connectivity index (χ1) is 10.4. The summed E-state index contributed by atoms with van der Waals surface area (Å²) in [5.41, 5.74) is 0. The fourth-order valence-electron chi connectivity index (χ4n) is 2.77. The minimum atomic E-state index is 0.477. The van der Waals surface area contributed by atoms with E-state index in [0.29, 0.717) is 6.10 Å². The van der Waals surface area contributed by atoms with Crippen LogP contribution in [0.4, 0.5) is 0 Å². The van der Waals surface area contributed by atoms with Crippen molar-refractivity contribution < 1.29 is 4.74 Å². The maximum Gasteiger partial charge on any atom is 0.0994 e. The maximum atomic E-state index is 6.25. The van der Waals surface area contributed by atoms with Gasteiger partial charge in [0.15, 0.2) is 0 Å². The van der Waals surface area contributed by atoms with Gasteiger partial charge < -0.3 is 4.74 Å². The second-order valence-corrected chi connectivity index (χ2v) is 7.52. The lowest BCUT2D eigenvalue weighted by atomic mass is 10.1. The molecule has 1 unspecified atom stereocenters. The monoisotopic (exact) mass is 315 g/mol.